The van der Waals surface area contributed by atoms with Crippen molar-refractivity contribution >= 4 is 17.5 Å². The second kappa shape index (κ2) is 3.36. The Morgan fingerprint density at radius 2 is 2.23 bits per heavy atom. The third-order valence-corrected chi connectivity index (χ3v) is 1.63. The first-order valence-corrected chi connectivity index (χ1v) is 3.52. The van der Waals surface area contributed by atoms with Crippen molar-refractivity contribution in [3.63, 3.8) is 0 Å². The standard InChI is InChI=1S/C7H8N2O4/c8-6(7(12)13)9-2-1-4(10)5(11)3-9/h1-2,6H,3,8H2,(H,12,13). The highest BCUT2D eigenvalue weighted by Gasteiger charge is 2.26. The first kappa shape index (κ1) is 9.40. The smallest absolute Gasteiger partial charge is 0.341 e. The van der Waals surface area contributed by atoms with Crippen LogP contribution in [-0.4, -0.2) is 40.3 Å². The molecule has 0 saturated heterocycles. The van der Waals surface area contributed by atoms with E-state index < -0.39 is 23.7 Å². The van der Waals surface area contributed by atoms with Crippen molar-refractivity contribution in [1.29, 1.82) is 0 Å². The summed E-state index contributed by atoms with van der Waals surface area (Å²) in [5.74, 6) is -2.53. The molecule has 0 spiro atoms. The van der Waals surface area contributed by atoms with Crippen LogP contribution in [0.15, 0.2) is 12.3 Å². The van der Waals surface area contributed by atoms with Crippen molar-refractivity contribution in [2.75, 3.05) is 6.54 Å². The number of aliphatic carboxylic acids is 1. The van der Waals surface area contributed by atoms with Crippen LogP contribution in [0.3, 0.4) is 0 Å². The molecule has 0 aliphatic carbocycles. The first-order chi connectivity index (χ1) is 6.02. The number of hydrogen-bond acceptors (Lipinski definition) is 5. The molecule has 1 atom stereocenters. The number of Topliss-reactive ketones (excluding diaryl/α,β-unsaturated/α-hetero) is 1. The average Bonchev–Trinajstić information content (AvgIpc) is 2.08. The number of ketones is 2. The topological polar surface area (TPSA) is 101 Å². The molecule has 70 valence electrons. The van der Waals surface area contributed by atoms with Gasteiger partial charge in [-0.2, -0.15) is 0 Å². The summed E-state index contributed by atoms with van der Waals surface area (Å²) < 4.78 is 0. The lowest BCUT2D eigenvalue weighted by Gasteiger charge is -2.25. The third-order valence-electron chi connectivity index (χ3n) is 1.63. The van der Waals surface area contributed by atoms with Gasteiger partial charge in [-0.05, 0) is 0 Å². The molecule has 1 aliphatic heterocycles. The van der Waals surface area contributed by atoms with E-state index in [4.69, 9.17) is 10.8 Å². The van der Waals surface area contributed by atoms with E-state index in [9.17, 15) is 14.4 Å². The van der Waals surface area contributed by atoms with E-state index in [1.54, 1.807) is 0 Å². The molecule has 0 aromatic heterocycles. The highest BCUT2D eigenvalue weighted by atomic mass is 16.4. The minimum atomic E-state index is -1.28. The summed E-state index contributed by atoms with van der Waals surface area (Å²) >= 11 is 0. The first-order valence-electron chi connectivity index (χ1n) is 3.52. The summed E-state index contributed by atoms with van der Waals surface area (Å²) in [6.45, 7) is -0.275. The molecule has 3 N–H and O–H groups in total. The molecule has 1 unspecified atom stereocenters. The number of hydrogen-bond donors (Lipinski definition) is 2. The highest BCUT2D eigenvalue weighted by molar-refractivity contribution is 6.42. The van der Waals surface area contributed by atoms with Gasteiger partial charge in [0.25, 0.3) is 0 Å². The van der Waals surface area contributed by atoms with E-state index in [0.29, 0.717) is 0 Å². The van der Waals surface area contributed by atoms with Gasteiger partial charge in [0.15, 0.2) is 6.17 Å². The molecule has 1 heterocycles. The number of carbonyl (C=O) groups excluding carboxylic acids is 2. The van der Waals surface area contributed by atoms with Gasteiger partial charge in [-0.25, -0.2) is 4.79 Å². The van der Waals surface area contributed by atoms with E-state index in [0.717, 1.165) is 11.0 Å². The molecular formula is C7H8N2O4. The Balaban J connectivity index is 2.75. The fourth-order valence-corrected chi connectivity index (χ4v) is 0.886. The third kappa shape index (κ3) is 1.91. The Hall–Kier alpha value is -1.69. The van der Waals surface area contributed by atoms with Crippen LogP contribution in [0.25, 0.3) is 0 Å². The lowest BCUT2D eigenvalue weighted by Crippen LogP contribution is -2.49. The van der Waals surface area contributed by atoms with E-state index in [1.807, 2.05) is 0 Å². The van der Waals surface area contributed by atoms with Gasteiger partial charge in [-0.3, -0.25) is 9.59 Å². The van der Waals surface area contributed by atoms with Crippen molar-refractivity contribution in [3.05, 3.63) is 12.3 Å². The molecule has 0 saturated carbocycles. The van der Waals surface area contributed by atoms with E-state index in [-0.39, 0.29) is 6.54 Å². The van der Waals surface area contributed by atoms with Gasteiger partial charge in [-0.15, -0.1) is 0 Å². The van der Waals surface area contributed by atoms with Gasteiger partial charge in [0.05, 0.1) is 6.54 Å². The van der Waals surface area contributed by atoms with Crippen LogP contribution < -0.4 is 5.73 Å². The summed E-state index contributed by atoms with van der Waals surface area (Å²) in [6, 6.07) is 0. The molecule has 6 nitrogen and oxygen atoms in total. The summed E-state index contributed by atoms with van der Waals surface area (Å²) in [7, 11) is 0. The Morgan fingerprint density at radius 3 is 2.69 bits per heavy atom. The summed E-state index contributed by atoms with van der Waals surface area (Å²) in [6.07, 6.45) is 0.935. The fraction of sp³-hybridized carbons (Fsp3) is 0.286. The Kier molecular flexibility index (Phi) is 2.43. The predicted molar refractivity (Wildman–Crippen MR) is 41.5 cm³/mol. The van der Waals surface area contributed by atoms with Crippen molar-refractivity contribution in [1.82, 2.24) is 4.90 Å². The lowest BCUT2D eigenvalue weighted by atomic mass is 10.2. The van der Waals surface area contributed by atoms with Crippen LogP contribution in [0.1, 0.15) is 0 Å². The maximum Gasteiger partial charge on any atom is 0.341 e. The van der Waals surface area contributed by atoms with Crippen LogP contribution in [0.4, 0.5) is 0 Å². The van der Waals surface area contributed by atoms with Gasteiger partial charge < -0.3 is 15.7 Å². The predicted octanol–water partition coefficient (Wildman–Crippen LogP) is -1.68. The maximum absolute atomic E-state index is 10.8. The molecule has 0 aromatic carbocycles. The van der Waals surface area contributed by atoms with E-state index in [2.05, 4.69) is 0 Å². The lowest BCUT2D eigenvalue weighted by molar-refractivity contribution is -0.143. The number of carboxylic acid groups (broad SMARTS) is 1. The molecule has 6 heteroatoms. The van der Waals surface area contributed by atoms with Crippen LogP contribution in [0.2, 0.25) is 0 Å². The second-order valence-corrected chi connectivity index (χ2v) is 2.56. The molecule has 0 fully saturated rings. The number of carboxylic acids is 1. The van der Waals surface area contributed by atoms with Gasteiger partial charge in [0, 0.05) is 12.3 Å². The van der Waals surface area contributed by atoms with Gasteiger partial charge in [0.1, 0.15) is 0 Å². The minimum Gasteiger partial charge on any atom is -0.479 e. The second-order valence-electron chi connectivity index (χ2n) is 2.56. The van der Waals surface area contributed by atoms with Gasteiger partial charge in [-0.1, -0.05) is 0 Å². The number of carbonyl (C=O) groups is 3. The van der Waals surface area contributed by atoms with Gasteiger partial charge in [0.2, 0.25) is 11.6 Å². The number of allylic oxidation sites excluding steroid dienone is 1. The number of nitrogens with zero attached hydrogens (tertiary/aromatic N) is 1. The summed E-state index contributed by atoms with van der Waals surface area (Å²) in [5.41, 5.74) is 5.21. The normalized spacial score (nSPS) is 19.0. The molecule has 0 radical (unpaired) electrons. The monoisotopic (exact) mass is 184 g/mol. The van der Waals surface area contributed by atoms with Gasteiger partial charge >= 0.3 is 5.97 Å². The molecule has 0 bridgehead atoms. The average molecular weight is 184 g/mol. The molecule has 1 aliphatic rings. The Morgan fingerprint density at radius 1 is 1.62 bits per heavy atom. The van der Waals surface area contributed by atoms with E-state index in [1.165, 1.54) is 6.20 Å². The fourth-order valence-electron chi connectivity index (χ4n) is 0.886. The number of rotatable bonds is 2. The minimum absolute atomic E-state index is 0.275. The Labute approximate surface area is 73.6 Å². The SMILES string of the molecule is NC(C(=O)O)N1C=CC(=O)C(=O)C1. The van der Waals surface area contributed by atoms with Crippen LogP contribution in [0, 0.1) is 0 Å². The zero-order chi connectivity index (χ0) is 10.0. The van der Waals surface area contributed by atoms with Crippen molar-refractivity contribution in [2.24, 2.45) is 5.73 Å². The van der Waals surface area contributed by atoms with Crippen LogP contribution in [-0.2, 0) is 14.4 Å². The highest BCUT2D eigenvalue weighted by Crippen LogP contribution is 2.02. The molecule has 13 heavy (non-hydrogen) atoms. The quantitative estimate of drug-likeness (QED) is 0.497. The molecule has 0 aromatic rings. The van der Waals surface area contributed by atoms with Crippen molar-refractivity contribution in [2.45, 2.75) is 6.17 Å². The van der Waals surface area contributed by atoms with Crippen molar-refractivity contribution < 1.29 is 19.5 Å². The van der Waals surface area contributed by atoms with Crippen LogP contribution in [0.5, 0.6) is 0 Å². The molecule has 1 rings (SSSR count). The zero-order valence-electron chi connectivity index (χ0n) is 6.64. The molecule has 0 amide bonds. The molecular weight excluding hydrogens is 176 g/mol. The maximum atomic E-state index is 10.8. The summed E-state index contributed by atoms with van der Waals surface area (Å²) in [4.78, 5) is 33.0. The largest absolute Gasteiger partial charge is 0.479 e. The Bertz CT molecular complexity index is 297. The summed E-state index contributed by atoms with van der Waals surface area (Å²) in [5, 5.41) is 8.49. The van der Waals surface area contributed by atoms with Crippen LogP contribution >= 0.6 is 0 Å². The zero-order valence-corrected chi connectivity index (χ0v) is 6.64. The van der Waals surface area contributed by atoms with E-state index >= 15 is 0 Å². The number of nitrogens with two attached hydrogens (primary N) is 1. The van der Waals surface area contributed by atoms with Crippen molar-refractivity contribution in [3.8, 4) is 0 Å².